The molecule has 4 aromatic rings. The zero-order valence-corrected chi connectivity index (χ0v) is 18.7. The molecule has 2 aliphatic carbocycles. The van der Waals surface area contributed by atoms with Gasteiger partial charge in [-0.25, -0.2) is 4.98 Å². The molecular weight excluding hydrogens is 422 g/mol. The molecule has 2 fully saturated rings. The third-order valence-electron chi connectivity index (χ3n) is 8.11. The first-order chi connectivity index (χ1) is 15.7. The molecule has 3 heterocycles. The van der Waals surface area contributed by atoms with Gasteiger partial charge in [-0.2, -0.15) is 5.10 Å². The normalized spacial score (nSPS) is 32.9. The van der Waals surface area contributed by atoms with Gasteiger partial charge in [0, 0.05) is 25.3 Å². The van der Waals surface area contributed by atoms with E-state index in [2.05, 4.69) is 50.8 Å². The van der Waals surface area contributed by atoms with Crippen molar-refractivity contribution in [3.63, 3.8) is 0 Å². The standard InChI is InChI=1S/C24H25N5O2S/c1-30-22-11-8-12(23(22)31-2)20-19(11)18-13-9-26-29-14(13)5-6-16(18)27-21(20)10-3-4-15-17(7-10)32-24(25)28-15/h3-7,9,11-12,19-23,27H,8H2,1-2H3,(H2,25,28)(H,26,29)/t11?,12?,19?,20-,21+,22-,23?/m1/s1. The van der Waals surface area contributed by atoms with Crippen LogP contribution in [0.3, 0.4) is 0 Å². The lowest BCUT2D eigenvalue weighted by Gasteiger charge is -2.47. The first kappa shape index (κ1) is 18.8. The van der Waals surface area contributed by atoms with Crippen molar-refractivity contribution >= 4 is 43.3 Å². The fourth-order valence-electron chi connectivity index (χ4n) is 7.07. The van der Waals surface area contributed by atoms with Crippen molar-refractivity contribution in [2.24, 2.45) is 17.8 Å². The predicted molar refractivity (Wildman–Crippen MR) is 126 cm³/mol. The highest BCUT2D eigenvalue weighted by Gasteiger charge is 2.62. The smallest absolute Gasteiger partial charge is 0.181 e. The van der Waals surface area contributed by atoms with Crippen molar-refractivity contribution in [1.82, 2.24) is 15.2 Å². The second-order valence-corrected chi connectivity index (χ2v) is 10.4. The van der Waals surface area contributed by atoms with E-state index in [1.165, 1.54) is 22.2 Å². The van der Waals surface area contributed by atoms with Gasteiger partial charge in [0.05, 0.1) is 40.2 Å². The summed E-state index contributed by atoms with van der Waals surface area (Å²) >= 11 is 1.55. The summed E-state index contributed by atoms with van der Waals surface area (Å²) in [5.41, 5.74) is 11.9. The number of nitrogens with two attached hydrogens (primary N) is 1. The number of aromatic nitrogens is 3. The highest BCUT2D eigenvalue weighted by molar-refractivity contribution is 7.22. The van der Waals surface area contributed by atoms with E-state index >= 15 is 0 Å². The van der Waals surface area contributed by atoms with Gasteiger partial charge in [-0.15, -0.1) is 0 Å². The Hall–Kier alpha value is -2.68. The number of thiazole rings is 1. The number of hydrogen-bond acceptors (Lipinski definition) is 7. The van der Waals surface area contributed by atoms with E-state index in [1.54, 1.807) is 11.3 Å². The van der Waals surface area contributed by atoms with E-state index in [1.807, 2.05) is 20.4 Å². The van der Waals surface area contributed by atoms with Crippen molar-refractivity contribution in [3.8, 4) is 0 Å². The van der Waals surface area contributed by atoms with E-state index < -0.39 is 0 Å². The summed E-state index contributed by atoms with van der Waals surface area (Å²) in [5.74, 6) is 1.65. The second kappa shape index (κ2) is 6.66. The van der Waals surface area contributed by atoms with Gasteiger partial charge < -0.3 is 20.5 Å². The fraction of sp³-hybridized carbons (Fsp3) is 0.417. The zero-order valence-electron chi connectivity index (χ0n) is 17.9. The van der Waals surface area contributed by atoms with Crippen LogP contribution in [0.4, 0.5) is 10.8 Å². The molecule has 2 aromatic carbocycles. The Bertz CT molecular complexity index is 1350. The molecule has 32 heavy (non-hydrogen) atoms. The molecule has 2 saturated carbocycles. The molecule has 4 unspecified atom stereocenters. The van der Waals surface area contributed by atoms with Gasteiger partial charge in [-0.05, 0) is 65.5 Å². The van der Waals surface area contributed by atoms with Crippen LogP contribution >= 0.6 is 11.3 Å². The van der Waals surface area contributed by atoms with Crippen molar-refractivity contribution < 1.29 is 9.47 Å². The molecule has 1 aliphatic heterocycles. The number of nitrogens with zero attached hydrogens (tertiary/aromatic N) is 2. The van der Waals surface area contributed by atoms with E-state index in [0.717, 1.165) is 22.2 Å². The summed E-state index contributed by atoms with van der Waals surface area (Å²) in [6, 6.07) is 11.1. The monoisotopic (exact) mass is 447 g/mol. The summed E-state index contributed by atoms with van der Waals surface area (Å²) in [6.45, 7) is 0. The summed E-state index contributed by atoms with van der Waals surface area (Å²) < 4.78 is 13.2. The Balaban J connectivity index is 1.42. The largest absolute Gasteiger partial charge is 0.378 e. The molecule has 0 saturated heterocycles. The SMILES string of the molecule is COC1C2CC(C3c4c(ccc5[nH]ncc45)N[C@@H](c4ccc5nc(N)sc5c4)[C@H]23)[C@H]1OC. The maximum Gasteiger partial charge on any atom is 0.181 e. The van der Waals surface area contributed by atoms with Crippen LogP contribution in [-0.4, -0.2) is 41.6 Å². The van der Waals surface area contributed by atoms with E-state index in [-0.39, 0.29) is 18.2 Å². The molecule has 7 nitrogen and oxygen atoms in total. The van der Waals surface area contributed by atoms with Gasteiger partial charge >= 0.3 is 0 Å². The average Bonchev–Trinajstić information content (AvgIpc) is 3.57. The maximum absolute atomic E-state index is 6.02. The summed E-state index contributed by atoms with van der Waals surface area (Å²) in [6.07, 6.45) is 3.32. The minimum Gasteiger partial charge on any atom is -0.378 e. The van der Waals surface area contributed by atoms with Crippen molar-refractivity contribution in [1.29, 1.82) is 0 Å². The van der Waals surface area contributed by atoms with E-state index in [0.29, 0.717) is 28.8 Å². The summed E-state index contributed by atoms with van der Waals surface area (Å²) in [5, 5.41) is 13.2. The van der Waals surface area contributed by atoms with Crippen molar-refractivity contribution in [2.75, 3.05) is 25.3 Å². The first-order valence-corrected chi connectivity index (χ1v) is 11.9. The summed E-state index contributed by atoms with van der Waals surface area (Å²) in [7, 11) is 3.65. The molecule has 2 bridgehead atoms. The van der Waals surface area contributed by atoms with Crippen LogP contribution in [0.25, 0.3) is 21.1 Å². The number of hydrogen-bond donors (Lipinski definition) is 3. The number of ether oxygens (including phenoxy) is 2. The average molecular weight is 448 g/mol. The third-order valence-corrected chi connectivity index (χ3v) is 8.96. The number of nitrogen functional groups attached to an aromatic ring is 1. The molecule has 0 radical (unpaired) electrons. The Labute approximate surface area is 189 Å². The van der Waals surface area contributed by atoms with Crippen LogP contribution < -0.4 is 11.1 Å². The molecule has 7 atom stereocenters. The predicted octanol–water partition coefficient (Wildman–Crippen LogP) is 4.30. The van der Waals surface area contributed by atoms with Gasteiger partial charge in [0.25, 0.3) is 0 Å². The van der Waals surface area contributed by atoms with Crippen molar-refractivity contribution in [2.45, 2.75) is 30.6 Å². The van der Waals surface area contributed by atoms with Crippen LogP contribution in [0.1, 0.15) is 29.5 Å². The molecule has 7 rings (SSSR count). The molecule has 2 aromatic heterocycles. The molecule has 8 heteroatoms. The van der Waals surface area contributed by atoms with Crippen LogP contribution in [-0.2, 0) is 9.47 Å². The number of aromatic amines is 1. The lowest BCUT2D eigenvalue weighted by atomic mass is 9.65. The number of anilines is 2. The van der Waals surface area contributed by atoms with Gasteiger partial charge in [0.15, 0.2) is 5.13 Å². The second-order valence-electron chi connectivity index (χ2n) is 9.33. The Kier molecular flexibility index (Phi) is 3.93. The highest BCUT2D eigenvalue weighted by Crippen LogP contribution is 2.65. The van der Waals surface area contributed by atoms with E-state index in [9.17, 15) is 0 Å². The number of benzene rings is 2. The number of fused-ring (bicyclic) bond motifs is 10. The number of rotatable bonds is 3. The number of H-pyrrole nitrogens is 1. The lowest BCUT2D eigenvalue weighted by molar-refractivity contribution is -0.0868. The molecule has 4 N–H and O–H groups in total. The maximum atomic E-state index is 6.02. The minimum absolute atomic E-state index is 0.114. The molecule has 0 spiro atoms. The van der Waals surface area contributed by atoms with Crippen molar-refractivity contribution in [3.05, 3.63) is 47.7 Å². The van der Waals surface area contributed by atoms with E-state index in [4.69, 9.17) is 15.2 Å². The topological polar surface area (TPSA) is 98.1 Å². The van der Waals surface area contributed by atoms with Crippen LogP contribution in [0.2, 0.25) is 0 Å². The molecular formula is C24H25N5O2S. The number of nitrogens with one attached hydrogen (secondary N) is 2. The molecule has 164 valence electrons. The third kappa shape index (κ3) is 2.37. The highest BCUT2D eigenvalue weighted by atomic mass is 32.1. The first-order valence-electron chi connectivity index (χ1n) is 11.1. The van der Waals surface area contributed by atoms with Gasteiger partial charge in [-0.3, -0.25) is 5.10 Å². The Morgan fingerprint density at radius 3 is 2.78 bits per heavy atom. The molecule has 0 amide bonds. The van der Waals surface area contributed by atoms with Crippen LogP contribution in [0, 0.1) is 17.8 Å². The minimum atomic E-state index is 0.114. The van der Waals surface area contributed by atoms with Crippen LogP contribution in [0.5, 0.6) is 0 Å². The van der Waals surface area contributed by atoms with Crippen LogP contribution in [0.15, 0.2) is 36.5 Å². The quantitative estimate of drug-likeness (QED) is 0.433. The Morgan fingerprint density at radius 2 is 1.94 bits per heavy atom. The summed E-state index contributed by atoms with van der Waals surface area (Å²) in [4.78, 5) is 4.44. The lowest BCUT2D eigenvalue weighted by Crippen LogP contribution is -2.47. The number of methoxy groups -OCH3 is 2. The molecule has 3 aliphatic rings. The zero-order chi connectivity index (χ0) is 21.6. The van der Waals surface area contributed by atoms with Gasteiger partial charge in [0.2, 0.25) is 0 Å². The fourth-order valence-corrected chi connectivity index (χ4v) is 7.86. The van der Waals surface area contributed by atoms with Gasteiger partial charge in [-0.1, -0.05) is 17.4 Å². The Morgan fingerprint density at radius 1 is 1.09 bits per heavy atom. The van der Waals surface area contributed by atoms with Gasteiger partial charge in [0.1, 0.15) is 0 Å².